The smallest absolute Gasteiger partial charge is 0.323 e. The highest BCUT2D eigenvalue weighted by Gasteiger charge is 2.20. The Hall–Kier alpha value is -1.05. The molecule has 1 aromatic rings. The molecule has 0 aliphatic carbocycles. The number of ether oxygens (including phenoxy) is 1. The number of benzene rings is 1. The first-order valence-corrected chi connectivity index (χ1v) is 9.38. The highest BCUT2D eigenvalue weighted by molar-refractivity contribution is 7.99. The van der Waals surface area contributed by atoms with Crippen molar-refractivity contribution in [3.63, 3.8) is 0 Å². The summed E-state index contributed by atoms with van der Waals surface area (Å²) < 4.78 is 27.5. The largest absolute Gasteiger partial charge is 0.468 e. The maximum absolute atomic E-state index is 11.7. The van der Waals surface area contributed by atoms with Gasteiger partial charge in [-0.2, -0.15) is 0 Å². The number of nitrogens with one attached hydrogen (secondary N) is 1. The average molecular weight is 331 g/mol. The molecule has 0 spiro atoms. The zero-order chi connectivity index (χ0) is 16.0. The third-order valence-electron chi connectivity index (χ3n) is 2.69. The highest BCUT2D eigenvalue weighted by atomic mass is 32.2. The lowest BCUT2D eigenvalue weighted by molar-refractivity contribution is -0.142. The maximum Gasteiger partial charge on any atom is 0.323 e. The van der Waals surface area contributed by atoms with Crippen molar-refractivity contribution in [1.29, 1.82) is 0 Å². The third-order valence-corrected chi connectivity index (χ3v) is 4.92. The SMILES string of the molecule is COC(=O)C(CSc1ccc(S(C)(=O)=O)cc1)NC(C)C. The minimum absolute atomic E-state index is 0.169. The van der Waals surface area contributed by atoms with Gasteiger partial charge in [0.1, 0.15) is 6.04 Å². The lowest BCUT2D eigenvalue weighted by Crippen LogP contribution is -2.43. The van der Waals surface area contributed by atoms with Crippen LogP contribution in [-0.4, -0.2) is 45.6 Å². The van der Waals surface area contributed by atoms with Gasteiger partial charge >= 0.3 is 5.97 Å². The minimum Gasteiger partial charge on any atom is -0.468 e. The van der Waals surface area contributed by atoms with Gasteiger partial charge < -0.3 is 10.1 Å². The number of hydrogen-bond donors (Lipinski definition) is 1. The summed E-state index contributed by atoms with van der Waals surface area (Å²) in [5, 5.41) is 3.15. The van der Waals surface area contributed by atoms with Crippen molar-refractivity contribution in [1.82, 2.24) is 5.32 Å². The normalized spacial score (nSPS) is 13.2. The molecule has 0 amide bonds. The molecule has 1 N–H and O–H groups in total. The Morgan fingerprint density at radius 1 is 1.29 bits per heavy atom. The minimum atomic E-state index is -3.18. The van der Waals surface area contributed by atoms with Gasteiger partial charge in [0.15, 0.2) is 9.84 Å². The molecule has 0 aliphatic rings. The number of carbonyl (C=O) groups excluding carboxylic acids is 1. The van der Waals surface area contributed by atoms with Crippen LogP contribution in [0, 0.1) is 0 Å². The molecule has 0 heterocycles. The first kappa shape index (κ1) is 18.0. The predicted octanol–water partition coefficient (Wildman–Crippen LogP) is 1.72. The summed E-state index contributed by atoms with van der Waals surface area (Å²) in [4.78, 5) is 12.9. The van der Waals surface area contributed by atoms with E-state index in [9.17, 15) is 13.2 Å². The van der Waals surface area contributed by atoms with E-state index >= 15 is 0 Å². The Morgan fingerprint density at radius 3 is 2.29 bits per heavy atom. The second kappa shape index (κ2) is 7.82. The van der Waals surface area contributed by atoms with Crippen LogP contribution in [0.3, 0.4) is 0 Å². The van der Waals surface area contributed by atoms with E-state index in [1.165, 1.54) is 25.1 Å². The fourth-order valence-corrected chi connectivity index (χ4v) is 3.24. The molecule has 0 saturated carbocycles. The molecular formula is C14H21NO4S2. The van der Waals surface area contributed by atoms with E-state index in [-0.39, 0.29) is 16.9 Å². The van der Waals surface area contributed by atoms with E-state index in [4.69, 9.17) is 4.74 Å². The van der Waals surface area contributed by atoms with Crippen molar-refractivity contribution in [2.24, 2.45) is 0 Å². The molecule has 21 heavy (non-hydrogen) atoms. The standard InChI is InChI=1S/C14H21NO4S2/c1-10(2)15-13(14(16)19-3)9-20-11-5-7-12(8-6-11)21(4,17)18/h5-8,10,13,15H,9H2,1-4H3. The predicted molar refractivity (Wildman–Crippen MR) is 84.4 cm³/mol. The van der Waals surface area contributed by atoms with E-state index < -0.39 is 15.9 Å². The Kier molecular flexibility index (Phi) is 6.70. The molecule has 0 bridgehead atoms. The summed E-state index contributed by atoms with van der Waals surface area (Å²) in [7, 11) is -1.82. The van der Waals surface area contributed by atoms with Crippen LogP contribution in [0.25, 0.3) is 0 Å². The van der Waals surface area contributed by atoms with Crippen LogP contribution in [-0.2, 0) is 19.4 Å². The quantitative estimate of drug-likeness (QED) is 0.606. The first-order valence-electron chi connectivity index (χ1n) is 6.51. The van der Waals surface area contributed by atoms with Gasteiger partial charge in [-0.25, -0.2) is 8.42 Å². The molecule has 7 heteroatoms. The van der Waals surface area contributed by atoms with Gasteiger partial charge in [0.2, 0.25) is 0 Å². The fourth-order valence-electron chi connectivity index (χ4n) is 1.69. The number of thioether (sulfide) groups is 1. The molecule has 0 saturated heterocycles. The molecular weight excluding hydrogens is 310 g/mol. The van der Waals surface area contributed by atoms with Gasteiger partial charge in [-0.1, -0.05) is 13.8 Å². The van der Waals surface area contributed by atoms with Gasteiger partial charge in [-0.05, 0) is 24.3 Å². The van der Waals surface area contributed by atoms with Crippen molar-refractivity contribution < 1.29 is 17.9 Å². The van der Waals surface area contributed by atoms with Crippen LogP contribution in [0.4, 0.5) is 0 Å². The number of carbonyl (C=O) groups is 1. The van der Waals surface area contributed by atoms with Crippen molar-refractivity contribution in [2.75, 3.05) is 19.1 Å². The van der Waals surface area contributed by atoms with Crippen LogP contribution in [0.2, 0.25) is 0 Å². The Balaban J connectivity index is 2.69. The molecule has 1 rings (SSSR count). The van der Waals surface area contributed by atoms with Crippen LogP contribution in [0.1, 0.15) is 13.8 Å². The summed E-state index contributed by atoms with van der Waals surface area (Å²) in [6.07, 6.45) is 1.18. The molecule has 0 aliphatic heterocycles. The molecule has 1 atom stereocenters. The third kappa shape index (κ3) is 6.07. The summed E-state index contributed by atoms with van der Waals surface area (Å²) in [6.45, 7) is 3.92. The summed E-state index contributed by atoms with van der Waals surface area (Å²) in [5.41, 5.74) is 0. The molecule has 1 aromatic carbocycles. The van der Waals surface area contributed by atoms with Crippen molar-refractivity contribution in [3.05, 3.63) is 24.3 Å². The summed E-state index contributed by atoms with van der Waals surface area (Å²) in [5.74, 6) is 0.215. The van der Waals surface area contributed by atoms with E-state index in [1.54, 1.807) is 24.3 Å². The number of sulfone groups is 1. The molecule has 5 nitrogen and oxygen atoms in total. The number of esters is 1. The van der Waals surface area contributed by atoms with Gasteiger partial charge in [0.25, 0.3) is 0 Å². The molecule has 0 radical (unpaired) electrons. The van der Waals surface area contributed by atoms with Gasteiger partial charge in [0, 0.05) is 22.9 Å². The van der Waals surface area contributed by atoms with Crippen LogP contribution >= 0.6 is 11.8 Å². The Bertz CT molecular complexity index is 567. The van der Waals surface area contributed by atoms with E-state index in [1.807, 2.05) is 13.8 Å². The van der Waals surface area contributed by atoms with E-state index in [2.05, 4.69) is 5.32 Å². The maximum atomic E-state index is 11.7. The number of rotatable bonds is 7. The molecule has 0 fully saturated rings. The van der Waals surface area contributed by atoms with Crippen molar-refractivity contribution >= 4 is 27.6 Å². The second-order valence-electron chi connectivity index (χ2n) is 4.95. The lowest BCUT2D eigenvalue weighted by atomic mass is 10.3. The second-order valence-corrected chi connectivity index (χ2v) is 8.06. The van der Waals surface area contributed by atoms with Crippen LogP contribution in [0.5, 0.6) is 0 Å². The topological polar surface area (TPSA) is 72.5 Å². The van der Waals surface area contributed by atoms with Gasteiger partial charge in [-0.3, -0.25) is 4.79 Å². The Morgan fingerprint density at radius 2 is 1.86 bits per heavy atom. The summed E-state index contributed by atoms with van der Waals surface area (Å²) in [6, 6.07) is 6.40. The zero-order valence-corrected chi connectivity index (χ0v) is 14.3. The number of hydrogen-bond acceptors (Lipinski definition) is 6. The van der Waals surface area contributed by atoms with Crippen molar-refractivity contribution in [3.8, 4) is 0 Å². The molecule has 1 unspecified atom stereocenters. The van der Waals surface area contributed by atoms with Crippen LogP contribution < -0.4 is 5.32 Å². The lowest BCUT2D eigenvalue weighted by Gasteiger charge is -2.18. The fraction of sp³-hybridized carbons (Fsp3) is 0.500. The molecule has 118 valence electrons. The van der Waals surface area contributed by atoms with Gasteiger partial charge in [0.05, 0.1) is 12.0 Å². The zero-order valence-electron chi connectivity index (χ0n) is 12.6. The Labute approximate surface area is 130 Å². The first-order chi connectivity index (χ1) is 9.74. The van der Waals surface area contributed by atoms with Crippen molar-refractivity contribution in [2.45, 2.75) is 35.7 Å². The van der Waals surface area contributed by atoms with E-state index in [0.717, 1.165) is 4.90 Å². The average Bonchev–Trinajstić information content (AvgIpc) is 2.41. The number of methoxy groups -OCH3 is 1. The van der Waals surface area contributed by atoms with E-state index in [0.29, 0.717) is 5.75 Å². The summed E-state index contributed by atoms with van der Waals surface area (Å²) >= 11 is 1.48. The van der Waals surface area contributed by atoms with Crippen LogP contribution in [0.15, 0.2) is 34.1 Å². The molecule has 0 aromatic heterocycles. The monoisotopic (exact) mass is 331 g/mol. The van der Waals surface area contributed by atoms with Gasteiger partial charge in [-0.15, -0.1) is 11.8 Å². The highest BCUT2D eigenvalue weighted by Crippen LogP contribution is 2.21.